The highest BCUT2D eigenvalue weighted by Gasteiger charge is 2.23. The van der Waals surface area contributed by atoms with E-state index in [4.69, 9.17) is 0 Å². The number of amides is 1. The quantitative estimate of drug-likeness (QED) is 0.438. The number of piperazine rings is 1. The molecule has 25 heavy (non-hydrogen) atoms. The second-order valence-electron chi connectivity index (χ2n) is 6.76. The van der Waals surface area contributed by atoms with Gasteiger partial charge < -0.3 is 15.5 Å². The van der Waals surface area contributed by atoms with Crippen LogP contribution in [0.5, 0.6) is 0 Å². The molecule has 1 aliphatic heterocycles. The third-order valence-electron chi connectivity index (χ3n) is 4.65. The fourth-order valence-electron chi connectivity index (χ4n) is 3.05. The molecule has 0 unspecified atom stereocenters. The number of guanidine groups is 1. The Balaban J connectivity index is 1.32. The molecule has 6 nitrogen and oxygen atoms in total. The maximum Gasteiger partial charge on any atom is 0.220 e. The van der Waals surface area contributed by atoms with Crippen molar-refractivity contribution in [2.24, 2.45) is 4.99 Å². The lowest BCUT2D eigenvalue weighted by Crippen LogP contribution is -2.52. The number of thiophene rings is 1. The van der Waals surface area contributed by atoms with Gasteiger partial charge in [-0.2, -0.15) is 0 Å². The number of carbonyl (C=O) groups excluding carboxylic acids is 1. The SMILES string of the molecule is CN=C(NCCCC(=O)NC1CC1)N1CCN(Cc2cccs2)CC1. The van der Waals surface area contributed by atoms with Crippen molar-refractivity contribution in [1.29, 1.82) is 0 Å². The van der Waals surface area contributed by atoms with Gasteiger partial charge in [0.2, 0.25) is 5.91 Å². The fraction of sp³-hybridized carbons (Fsp3) is 0.667. The van der Waals surface area contributed by atoms with Gasteiger partial charge in [0.15, 0.2) is 5.96 Å². The lowest BCUT2D eigenvalue weighted by Gasteiger charge is -2.36. The Morgan fingerprint density at radius 2 is 2.12 bits per heavy atom. The van der Waals surface area contributed by atoms with E-state index in [0.717, 1.165) is 64.5 Å². The minimum atomic E-state index is 0.182. The third kappa shape index (κ3) is 6.01. The summed E-state index contributed by atoms with van der Waals surface area (Å²) in [4.78, 5) is 22.3. The lowest BCUT2D eigenvalue weighted by atomic mass is 10.3. The Labute approximate surface area is 154 Å². The van der Waals surface area contributed by atoms with Crippen molar-refractivity contribution in [3.63, 3.8) is 0 Å². The molecule has 0 aromatic carbocycles. The van der Waals surface area contributed by atoms with E-state index in [9.17, 15) is 4.79 Å². The first-order chi connectivity index (χ1) is 12.2. The van der Waals surface area contributed by atoms with Gasteiger partial charge in [0.25, 0.3) is 0 Å². The highest BCUT2D eigenvalue weighted by atomic mass is 32.1. The maximum absolute atomic E-state index is 11.7. The molecule has 0 atom stereocenters. The van der Waals surface area contributed by atoms with E-state index in [-0.39, 0.29) is 5.91 Å². The van der Waals surface area contributed by atoms with Crippen LogP contribution in [-0.4, -0.2) is 67.5 Å². The minimum absolute atomic E-state index is 0.182. The van der Waals surface area contributed by atoms with Crippen LogP contribution in [0.15, 0.2) is 22.5 Å². The van der Waals surface area contributed by atoms with Crippen LogP contribution in [0, 0.1) is 0 Å². The largest absolute Gasteiger partial charge is 0.356 e. The van der Waals surface area contributed by atoms with Crippen molar-refractivity contribution < 1.29 is 4.79 Å². The normalized spacial score (nSPS) is 19.1. The first-order valence-electron chi connectivity index (χ1n) is 9.24. The number of aliphatic imine (C=N–C) groups is 1. The molecule has 1 amide bonds. The molecule has 0 radical (unpaired) electrons. The molecule has 1 saturated heterocycles. The molecule has 2 heterocycles. The van der Waals surface area contributed by atoms with Gasteiger partial charge in [-0.15, -0.1) is 11.3 Å². The van der Waals surface area contributed by atoms with Crippen molar-refractivity contribution in [2.75, 3.05) is 39.8 Å². The molecule has 1 aliphatic carbocycles. The van der Waals surface area contributed by atoms with Crippen molar-refractivity contribution in [2.45, 2.75) is 38.3 Å². The van der Waals surface area contributed by atoms with Gasteiger partial charge in [-0.1, -0.05) is 6.07 Å². The molecule has 0 spiro atoms. The number of nitrogens with zero attached hydrogens (tertiary/aromatic N) is 3. The summed E-state index contributed by atoms with van der Waals surface area (Å²) in [5.41, 5.74) is 0. The number of hydrogen-bond donors (Lipinski definition) is 2. The molecule has 1 aromatic rings. The molecule has 0 bridgehead atoms. The monoisotopic (exact) mass is 363 g/mol. The molecule has 1 saturated carbocycles. The van der Waals surface area contributed by atoms with Crippen molar-refractivity contribution in [1.82, 2.24) is 20.4 Å². The van der Waals surface area contributed by atoms with E-state index in [0.29, 0.717) is 12.5 Å². The van der Waals surface area contributed by atoms with E-state index in [1.807, 2.05) is 18.4 Å². The van der Waals surface area contributed by atoms with Crippen molar-refractivity contribution in [3.8, 4) is 0 Å². The van der Waals surface area contributed by atoms with E-state index in [1.165, 1.54) is 4.88 Å². The Kier molecular flexibility index (Phi) is 6.69. The molecular formula is C18H29N5OS. The summed E-state index contributed by atoms with van der Waals surface area (Å²) in [5, 5.41) is 8.57. The minimum Gasteiger partial charge on any atom is -0.356 e. The molecule has 1 aromatic heterocycles. The molecule has 3 rings (SSSR count). The Hall–Kier alpha value is -1.60. The molecular weight excluding hydrogens is 334 g/mol. The predicted octanol–water partition coefficient (Wildman–Crippen LogP) is 1.50. The Bertz CT molecular complexity index is 562. The zero-order valence-electron chi connectivity index (χ0n) is 15.0. The van der Waals surface area contributed by atoms with Crippen molar-refractivity contribution in [3.05, 3.63) is 22.4 Å². The summed E-state index contributed by atoms with van der Waals surface area (Å²) in [7, 11) is 1.83. The van der Waals surface area contributed by atoms with E-state index in [1.54, 1.807) is 0 Å². The number of rotatable bonds is 7. The zero-order valence-corrected chi connectivity index (χ0v) is 15.9. The van der Waals surface area contributed by atoms with Crippen molar-refractivity contribution >= 4 is 23.2 Å². The average molecular weight is 364 g/mol. The van der Waals surface area contributed by atoms with Gasteiger partial charge in [-0.25, -0.2) is 0 Å². The highest BCUT2D eigenvalue weighted by Crippen LogP contribution is 2.18. The van der Waals surface area contributed by atoms with Gasteiger partial charge >= 0.3 is 0 Å². The second kappa shape index (κ2) is 9.20. The van der Waals surface area contributed by atoms with E-state index in [2.05, 4.69) is 42.9 Å². The van der Waals surface area contributed by atoms with Crippen LogP contribution in [0.2, 0.25) is 0 Å². The Morgan fingerprint density at radius 3 is 2.76 bits per heavy atom. The summed E-state index contributed by atoms with van der Waals surface area (Å²) in [6.07, 6.45) is 3.73. The number of nitrogens with one attached hydrogen (secondary N) is 2. The van der Waals surface area contributed by atoms with Gasteiger partial charge in [-0.05, 0) is 30.7 Å². The van der Waals surface area contributed by atoms with Crippen LogP contribution in [0.3, 0.4) is 0 Å². The first-order valence-corrected chi connectivity index (χ1v) is 10.1. The molecule has 2 fully saturated rings. The standard InChI is InChI=1S/C18H29N5OS/c1-19-18(20-8-2-5-17(24)21-15-6-7-15)23-11-9-22(10-12-23)14-16-4-3-13-25-16/h3-4,13,15H,2,5-12,14H2,1H3,(H,19,20)(H,21,24). The molecule has 2 aliphatic rings. The summed E-state index contributed by atoms with van der Waals surface area (Å²) in [6, 6.07) is 4.78. The van der Waals surface area contributed by atoms with Gasteiger partial charge in [0.05, 0.1) is 0 Å². The predicted molar refractivity (Wildman–Crippen MR) is 103 cm³/mol. The first kappa shape index (κ1) is 18.2. The Morgan fingerprint density at radius 1 is 1.32 bits per heavy atom. The van der Waals surface area contributed by atoms with Crippen LogP contribution < -0.4 is 10.6 Å². The lowest BCUT2D eigenvalue weighted by molar-refractivity contribution is -0.121. The van der Waals surface area contributed by atoms with Gasteiger partial charge in [0.1, 0.15) is 0 Å². The second-order valence-corrected chi connectivity index (χ2v) is 7.79. The number of carbonyl (C=O) groups is 1. The topological polar surface area (TPSA) is 60.0 Å². The molecule has 7 heteroatoms. The highest BCUT2D eigenvalue weighted by molar-refractivity contribution is 7.09. The summed E-state index contributed by atoms with van der Waals surface area (Å²) in [5.74, 6) is 1.14. The van der Waals surface area contributed by atoms with Gasteiger partial charge in [0, 0.05) is 63.7 Å². The van der Waals surface area contributed by atoms with Crippen LogP contribution in [-0.2, 0) is 11.3 Å². The summed E-state index contributed by atoms with van der Waals surface area (Å²) >= 11 is 1.83. The van der Waals surface area contributed by atoms with Crippen LogP contribution >= 0.6 is 11.3 Å². The fourth-order valence-corrected chi connectivity index (χ4v) is 3.80. The maximum atomic E-state index is 11.7. The average Bonchev–Trinajstić information content (AvgIpc) is 3.28. The van der Waals surface area contributed by atoms with Gasteiger partial charge in [-0.3, -0.25) is 14.7 Å². The zero-order chi connectivity index (χ0) is 17.5. The smallest absolute Gasteiger partial charge is 0.220 e. The third-order valence-corrected chi connectivity index (χ3v) is 5.51. The van der Waals surface area contributed by atoms with Crippen LogP contribution in [0.1, 0.15) is 30.6 Å². The molecule has 138 valence electrons. The van der Waals surface area contributed by atoms with Crippen LogP contribution in [0.4, 0.5) is 0 Å². The summed E-state index contributed by atoms with van der Waals surface area (Å²) < 4.78 is 0. The van der Waals surface area contributed by atoms with E-state index >= 15 is 0 Å². The number of hydrogen-bond acceptors (Lipinski definition) is 4. The molecule has 2 N–H and O–H groups in total. The van der Waals surface area contributed by atoms with E-state index < -0.39 is 0 Å². The summed E-state index contributed by atoms with van der Waals surface area (Å²) in [6.45, 7) is 5.94. The van der Waals surface area contributed by atoms with Crippen LogP contribution in [0.25, 0.3) is 0 Å².